The van der Waals surface area contributed by atoms with Crippen LogP contribution in [0.1, 0.15) is 25.3 Å². The molecule has 5 nitrogen and oxygen atoms in total. The van der Waals surface area contributed by atoms with Crippen molar-refractivity contribution in [2.45, 2.75) is 37.1 Å². The number of benzene rings is 2. The van der Waals surface area contributed by atoms with Gasteiger partial charge < -0.3 is 9.64 Å². The number of likely N-dealkylation sites (tertiary alicyclic amines) is 1. The number of hydrogen-bond donors (Lipinski definition) is 1. The summed E-state index contributed by atoms with van der Waals surface area (Å²) in [5, 5.41) is 0. The van der Waals surface area contributed by atoms with Crippen LogP contribution in [0.15, 0.2) is 53.4 Å². The zero-order valence-electron chi connectivity index (χ0n) is 17.1. The number of nitrogens with zero attached hydrogens (tertiary/aromatic N) is 1. The maximum atomic E-state index is 12.2. The van der Waals surface area contributed by atoms with Crippen LogP contribution in [-0.2, 0) is 21.2 Å². The van der Waals surface area contributed by atoms with Gasteiger partial charge in [-0.05, 0) is 61.6 Å². The summed E-state index contributed by atoms with van der Waals surface area (Å²) in [7, 11) is -1.95. The minimum absolute atomic E-state index is 0. The molecule has 1 fully saturated rings. The van der Waals surface area contributed by atoms with Crippen LogP contribution in [0.3, 0.4) is 0 Å². The summed E-state index contributed by atoms with van der Waals surface area (Å²) < 4.78 is 31.9. The van der Waals surface area contributed by atoms with E-state index in [1.165, 1.54) is 24.9 Å². The Hall–Kier alpha value is -1.44. The van der Waals surface area contributed by atoms with Gasteiger partial charge in [0.2, 0.25) is 10.0 Å². The lowest BCUT2D eigenvalue weighted by Gasteiger charge is -2.20. The molecule has 0 bridgehead atoms. The summed E-state index contributed by atoms with van der Waals surface area (Å²) in [4.78, 5) is 2.83. The molecule has 0 aromatic heterocycles. The average Bonchev–Trinajstić information content (AvgIpc) is 3.12. The van der Waals surface area contributed by atoms with Gasteiger partial charge in [0, 0.05) is 26.2 Å². The Labute approximate surface area is 180 Å². The lowest BCUT2D eigenvalue weighted by atomic mass is 10.0. The van der Waals surface area contributed by atoms with Gasteiger partial charge in [0.1, 0.15) is 0 Å². The fourth-order valence-electron chi connectivity index (χ4n) is 3.65. The predicted octanol–water partition coefficient (Wildman–Crippen LogP) is 3.73. The standard InChI is InChI=1S/C22H30N2O3S.ClH/c1-18-4-3-15-24(18)16-13-19-5-7-20(8-6-19)21-9-11-22(12-10-21)28(25,26)23-14-17-27-2;/h5-12,18,23H,3-4,13-17H2,1-2H3;1H. The summed E-state index contributed by atoms with van der Waals surface area (Å²) in [5.74, 6) is 0. The molecule has 1 N–H and O–H groups in total. The summed E-state index contributed by atoms with van der Waals surface area (Å²) >= 11 is 0. The fourth-order valence-corrected chi connectivity index (χ4v) is 4.66. The molecule has 3 rings (SSSR count). The summed E-state index contributed by atoms with van der Waals surface area (Å²) in [6.07, 6.45) is 3.69. The van der Waals surface area contributed by atoms with Crippen LogP contribution in [0, 0.1) is 0 Å². The molecule has 0 spiro atoms. The first-order chi connectivity index (χ1) is 13.5. The molecule has 1 heterocycles. The molecule has 1 unspecified atom stereocenters. The number of nitrogens with one attached hydrogen (secondary N) is 1. The first kappa shape index (κ1) is 23.8. The number of sulfonamides is 1. The Morgan fingerprint density at radius 3 is 2.24 bits per heavy atom. The van der Waals surface area contributed by atoms with Crippen molar-refractivity contribution in [2.24, 2.45) is 0 Å². The highest BCUT2D eigenvalue weighted by atomic mass is 35.5. The van der Waals surface area contributed by atoms with Gasteiger partial charge in [0.25, 0.3) is 0 Å². The Balaban J connectivity index is 0.00000300. The third-order valence-electron chi connectivity index (χ3n) is 5.43. The van der Waals surface area contributed by atoms with E-state index in [1.807, 2.05) is 12.1 Å². The molecule has 2 aromatic rings. The molecule has 29 heavy (non-hydrogen) atoms. The van der Waals surface area contributed by atoms with E-state index in [0.717, 1.165) is 24.1 Å². The van der Waals surface area contributed by atoms with E-state index in [2.05, 4.69) is 40.8 Å². The van der Waals surface area contributed by atoms with Crippen molar-refractivity contribution in [3.63, 3.8) is 0 Å². The average molecular weight is 439 g/mol. The zero-order valence-corrected chi connectivity index (χ0v) is 18.8. The third-order valence-corrected chi connectivity index (χ3v) is 6.91. The Bertz CT molecular complexity index is 855. The summed E-state index contributed by atoms with van der Waals surface area (Å²) in [6, 6.07) is 16.3. The molecule has 1 aliphatic heterocycles. The molecule has 0 radical (unpaired) electrons. The zero-order chi connectivity index (χ0) is 20.0. The molecule has 0 aliphatic carbocycles. The highest BCUT2D eigenvalue weighted by molar-refractivity contribution is 7.89. The monoisotopic (exact) mass is 438 g/mol. The van der Waals surface area contributed by atoms with Gasteiger partial charge in [-0.3, -0.25) is 0 Å². The van der Waals surface area contributed by atoms with E-state index in [4.69, 9.17) is 4.74 Å². The van der Waals surface area contributed by atoms with E-state index in [1.54, 1.807) is 19.2 Å². The molecule has 160 valence electrons. The second-order valence-electron chi connectivity index (χ2n) is 7.39. The van der Waals surface area contributed by atoms with Crippen LogP contribution < -0.4 is 4.72 Å². The number of rotatable bonds is 9. The first-order valence-corrected chi connectivity index (χ1v) is 11.4. The smallest absolute Gasteiger partial charge is 0.240 e. The van der Waals surface area contributed by atoms with Gasteiger partial charge in [-0.25, -0.2) is 13.1 Å². The van der Waals surface area contributed by atoms with Crippen LogP contribution in [0.2, 0.25) is 0 Å². The number of halogens is 1. The van der Waals surface area contributed by atoms with Gasteiger partial charge >= 0.3 is 0 Å². The molecule has 1 atom stereocenters. The Morgan fingerprint density at radius 1 is 1.07 bits per heavy atom. The van der Waals surface area contributed by atoms with Gasteiger partial charge in [0.15, 0.2) is 0 Å². The second-order valence-corrected chi connectivity index (χ2v) is 9.16. The van der Waals surface area contributed by atoms with Crippen molar-refractivity contribution in [1.29, 1.82) is 0 Å². The molecule has 0 amide bonds. The SMILES string of the molecule is COCCNS(=O)(=O)c1ccc(-c2ccc(CCN3CCCC3C)cc2)cc1.Cl. The maximum absolute atomic E-state index is 12.2. The van der Waals surface area contributed by atoms with Crippen LogP contribution >= 0.6 is 12.4 Å². The number of hydrogen-bond acceptors (Lipinski definition) is 4. The molecular weight excluding hydrogens is 408 g/mol. The maximum Gasteiger partial charge on any atom is 0.240 e. The minimum Gasteiger partial charge on any atom is -0.383 e. The van der Waals surface area contributed by atoms with E-state index in [0.29, 0.717) is 12.6 Å². The molecule has 2 aromatic carbocycles. The van der Waals surface area contributed by atoms with Crippen molar-refractivity contribution in [3.05, 3.63) is 54.1 Å². The normalized spacial score (nSPS) is 17.2. The lowest BCUT2D eigenvalue weighted by Crippen LogP contribution is -2.28. The van der Waals surface area contributed by atoms with E-state index in [9.17, 15) is 8.42 Å². The number of methoxy groups -OCH3 is 1. The quantitative estimate of drug-likeness (QED) is 0.606. The molecule has 0 saturated carbocycles. The second kappa shape index (κ2) is 11.1. The third kappa shape index (κ3) is 6.52. The molecule has 1 saturated heterocycles. The fraction of sp³-hybridized carbons (Fsp3) is 0.455. The van der Waals surface area contributed by atoms with E-state index in [-0.39, 0.29) is 23.8 Å². The van der Waals surface area contributed by atoms with E-state index < -0.39 is 10.0 Å². The molecule has 7 heteroatoms. The van der Waals surface area contributed by atoms with Crippen molar-refractivity contribution in [1.82, 2.24) is 9.62 Å². The number of ether oxygens (including phenoxy) is 1. The van der Waals surface area contributed by atoms with Gasteiger partial charge in [-0.15, -0.1) is 12.4 Å². The molecular formula is C22H31ClN2O3S. The van der Waals surface area contributed by atoms with Crippen LogP contribution in [-0.4, -0.2) is 52.7 Å². The minimum atomic E-state index is -3.49. The highest BCUT2D eigenvalue weighted by Crippen LogP contribution is 2.23. The van der Waals surface area contributed by atoms with Gasteiger partial charge in [0.05, 0.1) is 11.5 Å². The first-order valence-electron chi connectivity index (χ1n) is 9.91. The van der Waals surface area contributed by atoms with Crippen molar-refractivity contribution in [2.75, 3.05) is 33.4 Å². The molecule has 1 aliphatic rings. The van der Waals surface area contributed by atoms with Crippen molar-refractivity contribution >= 4 is 22.4 Å². The van der Waals surface area contributed by atoms with Crippen LogP contribution in [0.5, 0.6) is 0 Å². The van der Waals surface area contributed by atoms with Crippen LogP contribution in [0.4, 0.5) is 0 Å². The lowest BCUT2D eigenvalue weighted by molar-refractivity contribution is 0.204. The Morgan fingerprint density at radius 2 is 1.69 bits per heavy atom. The van der Waals surface area contributed by atoms with Crippen molar-refractivity contribution in [3.8, 4) is 11.1 Å². The van der Waals surface area contributed by atoms with Gasteiger partial charge in [-0.2, -0.15) is 0 Å². The predicted molar refractivity (Wildman–Crippen MR) is 120 cm³/mol. The van der Waals surface area contributed by atoms with Crippen molar-refractivity contribution < 1.29 is 13.2 Å². The topological polar surface area (TPSA) is 58.6 Å². The highest BCUT2D eigenvalue weighted by Gasteiger charge is 2.19. The van der Waals surface area contributed by atoms with Crippen LogP contribution in [0.25, 0.3) is 11.1 Å². The largest absolute Gasteiger partial charge is 0.383 e. The van der Waals surface area contributed by atoms with Gasteiger partial charge in [-0.1, -0.05) is 36.4 Å². The summed E-state index contributed by atoms with van der Waals surface area (Å²) in [6.45, 7) is 5.25. The summed E-state index contributed by atoms with van der Waals surface area (Å²) in [5.41, 5.74) is 3.44. The van der Waals surface area contributed by atoms with E-state index >= 15 is 0 Å². The Kier molecular flexibility index (Phi) is 9.11.